The van der Waals surface area contributed by atoms with Crippen LogP contribution in [-0.4, -0.2) is 9.97 Å². The van der Waals surface area contributed by atoms with Gasteiger partial charge in [0.15, 0.2) is 0 Å². The molecule has 1 aliphatic rings. The van der Waals surface area contributed by atoms with Gasteiger partial charge in [-0.1, -0.05) is 28.1 Å². The largest absolute Gasteiger partial charge is 0.344 e. The van der Waals surface area contributed by atoms with Gasteiger partial charge in [-0.25, -0.2) is 4.98 Å². The molecule has 1 heterocycles. The van der Waals surface area contributed by atoms with Gasteiger partial charge in [0, 0.05) is 15.7 Å². The highest BCUT2D eigenvalue weighted by Crippen LogP contribution is 2.46. The van der Waals surface area contributed by atoms with Gasteiger partial charge in [0.25, 0.3) is 0 Å². The Balaban J connectivity index is 2.07. The summed E-state index contributed by atoms with van der Waals surface area (Å²) >= 11 is 3.47. The van der Waals surface area contributed by atoms with E-state index in [9.17, 15) is 5.26 Å². The Hall–Kier alpha value is -1.60. The first-order valence-corrected chi connectivity index (χ1v) is 6.68. The van der Waals surface area contributed by atoms with E-state index in [1.165, 1.54) is 0 Å². The Labute approximate surface area is 114 Å². The first-order chi connectivity index (χ1) is 8.64. The van der Waals surface area contributed by atoms with Gasteiger partial charge in [0.2, 0.25) is 0 Å². The number of nitrogens with one attached hydrogen (secondary N) is 1. The number of aromatic nitrogens is 2. The molecule has 3 rings (SSSR count). The van der Waals surface area contributed by atoms with Gasteiger partial charge in [-0.3, -0.25) is 0 Å². The van der Waals surface area contributed by atoms with E-state index >= 15 is 0 Å². The fourth-order valence-electron chi connectivity index (χ4n) is 2.13. The molecule has 4 heteroatoms. The number of aromatic amines is 1. The summed E-state index contributed by atoms with van der Waals surface area (Å²) in [6.07, 6.45) is 1.82. The van der Waals surface area contributed by atoms with Crippen molar-refractivity contribution in [3.05, 3.63) is 40.3 Å². The number of nitriles is 1. The van der Waals surface area contributed by atoms with Crippen molar-refractivity contribution in [3.63, 3.8) is 0 Å². The number of aryl methyl sites for hydroxylation is 1. The van der Waals surface area contributed by atoms with E-state index in [-0.39, 0.29) is 5.41 Å². The number of benzene rings is 1. The normalized spacial score (nSPS) is 16.3. The monoisotopic (exact) mass is 301 g/mol. The van der Waals surface area contributed by atoms with Gasteiger partial charge in [-0.05, 0) is 31.9 Å². The number of hydrogen-bond donors (Lipinski definition) is 1. The second-order valence-electron chi connectivity index (χ2n) is 4.76. The van der Waals surface area contributed by atoms with Crippen molar-refractivity contribution in [1.82, 2.24) is 9.97 Å². The zero-order valence-corrected chi connectivity index (χ0v) is 11.6. The van der Waals surface area contributed by atoms with Gasteiger partial charge in [0.05, 0.1) is 11.8 Å². The van der Waals surface area contributed by atoms with E-state index in [2.05, 4.69) is 32.0 Å². The molecule has 1 aliphatic carbocycles. The Kier molecular flexibility index (Phi) is 2.53. The average molecular weight is 302 g/mol. The molecule has 0 bridgehead atoms. The topological polar surface area (TPSA) is 52.5 Å². The van der Waals surface area contributed by atoms with E-state index in [1.54, 1.807) is 0 Å². The first kappa shape index (κ1) is 11.5. The minimum absolute atomic E-state index is 0.352. The predicted octanol–water partition coefficient (Wildman–Crippen LogP) is 3.70. The Morgan fingerprint density at radius 3 is 2.83 bits per heavy atom. The molecule has 0 amide bonds. The summed E-state index contributed by atoms with van der Waals surface area (Å²) < 4.78 is 1.03. The zero-order chi connectivity index (χ0) is 12.8. The van der Waals surface area contributed by atoms with Crippen LogP contribution >= 0.6 is 15.9 Å². The number of halogens is 1. The summed E-state index contributed by atoms with van der Waals surface area (Å²) in [4.78, 5) is 7.89. The molecule has 0 spiro atoms. The SMILES string of the molecule is Cc1[nH]c(C2(C#N)CC2)nc1-c1cccc(Br)c1. The van der Waals surface area contributed by atoms with Gasteiger partial charge in [-0.2, -0.15) is 5.26 Å². The summed E-state index contributed by atoms with van der Waals surface area (Å²) in [6.45, 7) is 2.00. The predicted molar refractivity (Wildman–Crippen MR) is 73.0 cm³/mol. The van der Waals surface area contributed by atoms with Crippen LogP contribution in [0.4, 0.5) is 0 Å². The van der Waals surface area contributed by atoms with Crippen LogP contribution in [0.2, 0.25) is 0 Å². The number of nitrogens with zero attached hydrogens (tertiary/aromatic N) is 2. The number of imidazole rings is 1. The highest BCUT2D eigenvalue weighted by molar-refractivity contribution is 9.10. The lowest BCUT2D eigenvalue weighted by molar-refractivity contribution is 0.818. The minimum Gasteiger partial charge on any atom is -0.344 e. The summed E-state index contributed by atoms with van der Waals surface area (Å²) in [5.74, 6) is 0.817. The minimum atomic E-state index is -0.352. The number of H-pyrrole nitrogens is 1. The molecule has 18 heavy (non-hydrogen) atoms. The molecule has 0 saturated heterocycles. The number of rotatable bonds is 2. The lowest BCUT2D eigenvalue weighted by Crippen LogP contribution is -2.04. The Morgan fingerprint density at radius 1 is 1.44 bits per heavy atom. The van der Waals surface area contributed by atoms with Crippen LogP contribution in [0.1, 0.15) is 24.4 Å². The van der Waals surface area contributed by atoms with Crippen LogP contribution < -0.4 is 0 Å². The van der Waals surface area contributed by atoms with Gasteiger partial charge in [-0.15, -0.1) is 0 Å². The third kappa shape index (κ3) is 1.75. The molecule has 1 fully saturated rings. The summed E-state index contributed by atoms with van der Waals surface area (Å²) in [5.41, 5.74) is 2.67. The molecular weight excluding hydrogens is 290 g/mol. The fraction of sp³-hybridized carbons (Fsp3) is 0.286. The Bertz CT molecular complexity index is 647. The zero-order valence-electron chi connectivity index (χ0n) is 10.00. The van der Waals surface area contributed by atoms with Crippen LogP contribution in [0.3, 0.4) is 0 Å². The molecular formula is C14H12BrN3. The molecule has 1 N–H and O–H groups in total. The van der Waals surface area contributed by atoms with E-state index in [0.29, 0.717) is 0 Å². The second kappa shape index (κ2) is 3.96. The van der Waals surface area contributed by atoms with Crippen LogP contribution in [0.5, 0.6) is 0 Å². The maximum absolute atomic E-state index is 9.21. The average Bonchev–Trinajstić information content (AvgIpc) is 3.07. The smallest absolute Gasteiger partial charge is 0.127 e. The summed E-state index contributed by atoms with van der Waals surface area (Å²) in [6, 6.07) is 10.4. The molecule has 1 aromatic heterocycles. The lowest BCUT2D eigenvalue weighted by atomic mass is 10.1. The first-order valence-electron chi connectivity index (χ1n) is 5.89. The highest BCUT2D eigenvalue weighted by Gasteiger charge is 2.48. The highest BCUT2D eigenvalue weighted by atomic mass is 79.9. The van der Waals surface area contributed by atoms with E-state index < -0.39 is 0 Å². The molecule has 0 unspecified atom stereocenters. The van der Waals surface area contributed by atoms with E-state index in [0.717, 1.165) is 40.1 Å². The van der Waals surface area contributed by atoms with Crippen molar-refractivity contribution in [2.45, 2.75) is 25.2 Å². The van der Waals surface area contributed by atoms with Crippen molar-refractivity contribution in [2.24, 2.45) is 0 Å². The van der Waals surface area contributed by atoms with Gasteiger partial charge < -0.3 is 4.98 Å². The van der Waals surface area contributed by atoms with Crippen LogP contribution in [0.25, 0.3) is 11.3 Å². The third-order valence-corrected chi connectivity index (χ3v) is 3.89. The van der Waals surface area contributed by atoms with Crippen molar-refractivity contribution >= 4 is 15.9 Å². The molecule has 1 aromatic carbocycles. The molecule has 1 saturated carbocycles. The molecule has 0 aliphatic heterocycles. The molecule has 2 aromatic rings. The van der Waals surface area contributed by atoms with Crippen molar-refractivity contribution in [3.8, 4) is 17.3 Å². The maximum atomic E-state index is 9.21. The van der Waals surface area contributed by atoms with Crippen molar-refractivity contribution in [2.75, 3.05) is 0 Å². The Morgan fingerprint density at radius 2 is 2.22 bits per heavy atom. The van der Waals surface area contributed by atoms with E-state index in [1.807, 2.05) is 31.2 Å². The lowest BCUT2D eigenvalue weighted by Gasteiger charge is -1.99. The number of hydrogen-bond acceptors (Lipinski definition) is 2. The molecule has 90 valence electrons. The van der Waals surface area contributed by atoms with Crippen molar-refractivity contribution in [1.29, 1.82) is 5.26 Å². The molecule has 0 atom stereocenters. The second-order valence-corrected chi connectivity index (χ2v) is 5.68. The van der Waals surface area contributed by atoms with Crippen LogP contribution in [0, 0.1) is 18.3 Å². The van der Waals surface area contributed by atoms with Crippen molar-refractivity contribution < 1.29 is 0 Å². The maximum Gasteiger partial charge on any atom is 0.127 e. The van der Waals surface area contributed by atoms with Gasteiger partial charge >= 0.3 is 0 Å². The van der Waals surface area contributed by atoms with Crippen LogP contribution in [-0.2, 0) is 5.41 Å². The van der Waals surface area contributed by atoms with Crippen LogP contribution in [0.15, 0.2) is 28.7 Å². The summed E-state index contributed by atoms with van der Waals surface area (Å²) in [7, 11) is 0. The molecule has 0 radical (unpaired) electrons. The standard InChI is InChI=1S/C14H12BrN3/c1-9-12(10-3-2-4-11(15)7-10)18-13(17-9)14(8-16)5-6-14/h2-4,7H,5-6H2,1H3,(H,17,18). The van der Waals surface area contributed by atoms with Gasteiger partial charge in [0.1, 0.15) is 11.2 Å². The molecule has 3 nitrogen and oxygen atoms in total. The summed E-state index contributed by atoms with van der Waals surface area (Å²) in [5, 5.41) is 9.21. The fourth-order valence-corrected chi connectivity index (χ4v) is 2.53. The quantitative estimate of drug-likeness (QED) is 0.919. The van der Waals surface area contributed by atoms with E-state index in [4.69, 9.17) is 0 Å². The third-order valence-electron chi connectivity index (χ3n) is 3.40.